The Kier molecular flexibility index (Phi) is 8.36. The molecule has 0 saturated carbocycles. The van der Waals surface area contributed by atoms with E-state index in [2.05, 4.69) is 208 Å². The molecule has 0 radical (unpaired) electrons. The molecule has 12 rings (SSSR count). The molecule has 65 heavy (non-hydrogen) atoms. The van der Waals surface area contributed by atoms with Crippen LogP contribution in [0.15, 0.2) is 115 Å². The summed E-state index contributed by atoms with van der Waals surface area (Å²) < 4.78 is 5.48. The molecule has 7 aromatic carbocycles. The van der Waals surface area contributed by atoms with Crippen LogP contribution >= 0.6 is 11.3 Å². The molecule has 1 aliphatic heterocycles. The SMILES string of the molecule is CC(C)(C)c1ccc(Nc2ccc(C(C)(C)C)cc2-c2c3c4c(c5cc6c(cc5n4-c4cc5c(cc4B3)-c3ccccc3C5(C)C)C(C)(C)CCC6(C)C)c3c2sc2ccccc23)cc1. The van der Waals surface area contributed by atoms with E-state index in [1.807, 2.05) is 11.3 Å². The number of fused-ring (bicyclic) bond motifs is 13. The first-order valence-electron chi connectivity index (χ1n) is 24.0. The van der Waals surface area contributed by atoms with Gasteiger partial charge in [-0.15, -0.1) is 11.3 Å². The highest BCUT2D eigenvalue weighted by molar-refractivity contribution is 7.26. The summed E-state index contributed by atoms with van der Waals surface area (Å²) in [7, 11) is 0.855. The van der Waals surface area contributed by atoms with Crippen LogP contribution < -0.4 is 16.2 Å². The Balaban J connectivity index is 1.25. The van der Waals surface area contributed by atoms with Gasteiger partial charge in [0.1, 0.15) is 0 Å². The van der Waals surface area contributed by atoms with E-state index in [4.69, 9.17) is 0 Å². The summed E-state index contributed by atoms with van der Waals surface area (Å²) in [5.41, 5.74) is 23.2. The van der Waals surface area contributed by atoms with Gasteiger partial charge in [-0.1, -0.05) is 155 Å². The Hall–Kier alpha value is -5.58. The minimum atomic E-state index is -0.105. The number of hydrogen-bond acceptors (Lipinski definition) is 2. The van der Waals surface area contributed by atoms with Crippen molar-refractivity contribution in [3.63, 3.8) is 0 Å². The van der Waals surface area contributed by atoms with Crippen LogP contribution in [0.3, 0.4) is 0 Å². The molecule has 1 N–H and O–H groups in total. The first-order valence-corrected chi connectivity index (χ1v) is 24.8. The van der Waals surface area contributed by atoms with Crippen molar-refractivity contribution in [1.82, 2.24) is 4.57 Å². The Morgan fingerprint density at radius 1 is 0.585 bits per heavy atom. The summed E-state index contributed by atoms with van der Waals surface area (Å²) in [6.07, 6.45) is 2.37. The number of nitrogens with zero attached hydrogens (tertiary/aromatic N) is 1. The van der Waals surface area contributed by atoms with Crippen LogP contribution in [0.25, 0.3) is 69.9 Å². The summed E-state index contributed by atoms with van der Waals surface area (Å²) in [5.74, 6) is 0. The lowest BCUT2D eigenvalue weighted by atomic mass is 9.58. The molecule has 0 unspecified atom stereocenters. The number of nitrogens with one attached hydrogen (secondary N) is 1. The summed E-state index contributed by atoms with van der Waals surface area (Å²) in [5, 5.41) is 9.57. The van der Waals surface area contributed by atoms with Gasteiger partial charge in [-0.3, -0.25) is 0 Å². The van der Waals surface area contributed by atoms with Crippen molar-refractivity contribution in [2.24, 2.45) is 0 Å². The monoisotopic (exact) mass is 864 g/mol. The fourth-order valence-corrected chi connectivity index (χ4v) is 13.5. The van der Waals surface area contributed by atoms with Crippen LogP contribution in [0.5, 0.6) is 0 Å². The van der Waals surface area contributed by atoms with Crippen LogP contribution in [0.2, 0.25) is 0 Å². The van der Waals surface area contributed by atoms with Gasteiger partial charge in [-0.25, -0.2) is 0 Å². The Bertz CT molecular complexity index is 3520. The van der Waals surface area contributed by atoms with Crippen LogP contribution in [0.4, 0.5) is 11.4 Å². The molecule has 2 aliphatic carbocycles. The lowest BCUT2D eigenvalue weighted by Crippen LogP contribution is -2.38. The maximum atomic E-state index is 4.01. The molecule has 0 fully saturated rings. The maximum Gasteiger partial charge on any atom is 0.198 e. The van der Waals surface area contributed by atoms with E-state index in [0.29, 0.717) is 0 Å². The zero-order chi connectivity index (χ0) is 45.3. The van der Waals surface area contributed by atoms with Crippen molar-refractivity contribution in [2.75, 3.05) is 5.32 Å². The number of anilines is 2. The predicted molar refractivity (Wildman–Crippen MR) is 285 cm³/mol. The molecule has 0 saturated heterocycles. The summed E-state index contributed by atoms with van der Waals surface area (Å²) in [4.78, 5) is 0. The third-order valence-electron chi connectivity index (χ3n) is 16.2. The van der Waals surface area contributed by atoms with Gasteiger partial charge in [-0.05, 0) is 139 Å². The Morgan fingerprint density at radius 2 is 1.25 bits per heavy atom. The van der Waals surface area contributed by atoms with Crippen molar-refractivity contribution >= 4 is 82.9 Å². The highest BCUT2D eigenvalue weighted by atomic mass is 32.1. The summed E-state index contributed by atoms with van der Waals surface area (Å²) >= 11 is 1.99. The van der Waals surface area contributed by atoms with Crippen molar-refractivity contribution < 1.29 is 0 Å². The zero-order valence-electron chi connectivity index (χ0n) is 40.4. The van der Waals surface area contributed by atoms with Gasteiger partial charge in [-0.2, -0.15) is 0 Å². The molecule has 0 spiro atoms. The molecule has 0 atom stereocenters. The second kappa shape index (κ2) is 13.3. The van der Waals surface area contributed by atoms with Gasteiger partial charge in [0.05, 0.1) is 5.52 Å². The average molecular weight is 865 g/mol. The second-order valence-electron chi connectivity index (χ2n) is 23.7. The van der Waals surface area contributed by atoms with Crippen molar-refractivity contribution in [1.29, 1.82) is 0 Å². The standard InChI is InChI=1S/C61H61BN2S/c1-57(2,3)34-21-24-36(25-22-34)63-47-26-23-35(58(4,5)6)29-40(47)53-54-55-51(52-38-18-14-16-20-50(38)65-56(52)53)41-30-44-45(60(9,10)28-27-59(44,7)8)33-48(41)64(55)49-32-43-39(31-46(49)62-54)37-17-13-15-19-42(37)61(43,11)12/h13-26,29-33,62-63H,27-28H2,1-12H3. The number of aromatic nitrogens is 1. The van der Waals surface area contributed by atoms with Crippen molar-refractivity contribution in [3.05, 3.63) is 149 Å². The van der Waals surface area contributed by atoms with Gasteiger partial charge < -0.3 is 9.88 Å². The van der Waals surface area contributed by atoms with Crippen molar-refractivity contribution in [2.45, 2.75) is 123 Å². The smallest absolute Gasteiger partial charge is 0.198 e. The van der Waals surface area contributed by atoms with E-state index in [1.165, 1.54) is 127 Å². The first-order chi connectivity index (χ1) is 30.7. The van der Waals surface area contributed by atoms with Gasteiger partial charge in [0.15, 0.2) is 7.28 Å². The predicted octanol–water partition coefficient (Wildman–Crippen LogP) is 15.5. The molecule has 2 nitrogen and oxygen atoms in total. The molecule has 3 heterocycles. The molecule has 324 valence electrons. The lowest BCUT2D eigenvalue weighted by molar-refractivity contribution is 0.332. The van der Waals surface area contributed by atoms with Crippen LogP contribution in [-0.2, 0) is 27.1 Å². The van der Waals surface area contributed by atoms with Crippen LogP contribution in [0.1, 0.15) is 129 Å². The number of hydrogen-bond donors (Lipinski definition) is 1. The molecule has 0 bridgehead atoms. The molecular weight excluding hydrogens is 804 g/mol. The van der Waals surface area contributed by atoms with Crippen LogP contribution in [-0.4, -0.2) is 11.8 Å². The molecular formula is C61H61BN2S. The zero-order valence-corrected chi connectivity index (χ0v) is 41.3. The average Bonchev–Trinajstić information content (AvgIpc) is 3.87. The maximum absolute atomic E-state index is 4.01. The van der Waals surface area contributed by atoms with Crippen molar-refractivity contribution in [3.8, 4) is 27.9 Å². The lowest BCUT2D eigenvalue weighted by Gasteiger charge is -2.42. The van der Waals surface area contributed by atoms with E-state index in [-0.39, 0.29) is 27.1 Å². The van der Waals surface area contributed by atoms with E-state index >= 15 is 0 Å². The topological polar surface area (TPSA) is 17.0 Å². The van der Waals surface area contributed by atoms with Gasteiger partial charge in [0, 0.05) is 64.5 Å². The number of benzene rings is 7. The highest BCUT2D eigenvalue weighted by Crippen LogP contribution is 2.54. The van der Waals surface area contributed by atoms with E-state index in [0.717, 1.165) is 18.7 Å². The van der Waals surface area contributed by atoms with E-state index in [1.54, 1.807) is 0 Å². The quantitative estimate of drug-likeness (QED) is 0.175. The number of thiophene rings is 1. The Morgan fingerprint density at radius 3 is 1.97 bits per heavy atom. The second-order valence-corrected chi connectivity index (χ2v) is 24.8. The normalized spacial score (nSPS) is 16.7. The fraction of sp³-hybridized carbons (Fsp3) is 0.311. The van der Waals surface area contributed by atoms with Gasteiger partial charge >= 0.3 is 0 Å². The molecule has 2 aromatic heterocycles. The summed E-state index contributed by atoms with van der Waals surface area (Å²) in [6, 6.07) is 45.2. The minimum Gasteiger partial charge on any atom is -0.355 e. The first kappa shape index (κ1) is 40.9. The molecule has 4 heteroatoms. The van der Waals surface area contributed by atoms with Gasteiger partial charge in [0.2, 0.25) is 0 Å². The third-order valence-corrected chi connectivity index (χ3v) is 17.4. The number of rotatable bonds is 3. The molecule has 9 aromatic rings. The Labute approximate surface area is 390 Å². The van der Waals surface area contributed by atoms with E-state index < -0.39 is 0 Å². The summed E-state index contributed by atoms with van der Waals surface area (Å²) in [6.45, 7) is 28.7. The van der Waals surface area contributed by atoms with Gasteiger partial charge in [0.25, 0.3) is 0 Å². The van der Waals surface area contributed by atoms with Crippen LogP contribution in [0, 0.1) is 0 Å². The van der Waals surface area contributed by atoms with E-state index in [9.17, 15) is 0 Å². The molecule has 0 amide bonds. The minimum absolute atomic E-state index is 0.0385. The third kappa shape index (κ3) is 5.84. The largest absolute Gasteiger partial charge is 0.355 e. The molecule has 3 aliphatic rings. The highest BCUT2D eigenvalue weighted by Gasteiger charge is 2.41. The fourth-order valence-electron chi connectivity index (χ4n) is 12.2.